The van der Waals surface area contributed by atoms with Crippen LogP contribution in [0.2, 0.25) is 0 Å². The Morgan fingerprint density at radius 2 is 1.60 bits per heavy atom. The molecular formula is C24H20F2N4O4S. The van der Waals surface area contributed by atoms with Crippen molar-refractivity contribution in [2.75, 3.05) is 10.0 Å². The van der Waals surface area contributed by atoms with Crippen molar-refractivity contribution >= 4 is 27.3 Å². The first kappa shape index (κ1) is 24.0. The third-order valence-electron chi connectivity index (χ3n) is 4.90. The van der Waals surface area contributed by atoms with Crippen LogP contribution in [0.4, 0.5) is 20.2 Å². The highest BCUT2D eigenvalue weighted by Gasteiger charge is 2.17. The first-order valence-corrected chi connectivity index (χ1v) is 12.0. The fraction of sp³-hybridized carbons (Fsp3) is 0.125. The molecule has 0 bridgehead atoms. The summed E-state index contributed by atoms with van der Waals surface area (Å²) in [6.45, 7) is 0. The molecule has 1 amide bonds. The summed E-state index contributed by atoms with van der Waals surface area (Å²) >= 11 is 0. The molecule has 1 heterocycles. The maximum atomic E-state index is 13.4. The topological polar surface area (TPSA) is 114 Å². The van der Waals surface area contributed by atoms with Crippen LogP contribution in [0.15, 0.2) is 82.1 Å². The number of nitrogens with zero attached hydrogens (tertiary/aromatic N) is 2. The lowest BCUT2D eigenvalue weighted by molar-refractivity contribution is -0.116. The standard InChI is InChI=1S/C24H20F2N4O4S/c25-20-14-13-19(15-21(20)26)35(32,33)30-18-11-9-17(10-12-18)27-22(31)7-4-8-23-28-29-24(34-23)16-5-2-1-3-6-16/h1-3,5-6,9-15,30H,4,7-8H2,(H,27,31). The minimum Gasteiger partial charge on any atom is -0.421 e. The number of hydrogen-bond donors (Lipinski definition) is 2. The average molecular weight is 499 g/mol. The zero-order valence-corrected chi connectivity index (χ0v) is 19.1. The molecule has 0 aliphatic rings. The van der Waals surface area contributed by atoms with E-state index in [1.54, 1.807) is 0 Å². The van der Waals surface area contributed by atoms with Crippen LogP contribution in [-0.2, 0) is 21.2 Å². The molecular weight excluding hydrogens is 478 g/mol. The largest absolute Gasteiger partial charge is 0.421 e. The summed E-state index contributed by atoms with van der Waals surface area (Å²) in [6.07, 6.45) is 1.15. The van der Waals surface area contributed by atoms with Crippen molar-refractivity contribution in [2.24, 2.45) is 0 Å². The Bertz CT molecular complexity index is 1430. The van der Waals surface area contributed by atoms with Gasteiger partial charge in [-0.2, -0.15) is 0 Å². The zero-order valence-electron chi connectivity index (χ0n) is 18.2. The van der Waals surface area contributed by atoms with E-state index >= 15 is 0 Å². The molecule has 0 fully saturated rings. The highest BCUT2D eigenvalue weighted by molar-refractivity contribution is 7.92. The number of aryl methyl sites for hydroxylation is 1. The molecule has 0 saturated carbocycles. The molecule has 0 radical (unpaired) electrons. The first-order chi connectivity index (χ1) is 16.8. The van der Waals surface area contributed by atoms with Gasteiger partial charge in [0.25, 0.3) is 10.0 Å². The smallest absolute Gasteiger partial charge is 0.261 e. The second-order valence-corrected chi connectivity index (χ2v) is 9.21. The minimum atomic E-state index is -4.11. The summed E-state index contributed by atoms with van der Waals surface area (Å²) < 4.78 is 59.0. The molecule has 4 rings (SSSR count). The summed E-state index contributed by atoms with van der Waals surface area (Å²) in [4.78, 5) is 11.8. The monoisotopic (exact) mass is 498 g/mol. The Hall–Kier alpha value is -4.12. The van der Waals surface area contributed by atoms with Gasteiger partial charge in [-0.1, -0.05) is 18.2 Å². The van der Waals surface area contributed by atoms with Crippen LogP contribution in [0.25, 0.3) is 11.5 Å². The number of carbonyl (C=O) groups excluding carboxylic acids is 1. The lowest BCUT2D eigenvalue weighted by Gasteiger charge is -2.10. The van der Waals surface area contributed by atoms with E-state index in [0.29, 0.717) is 36.4 Å². The van der Waals surface area contributed by atoms with E-state index in [1.165, 1.54) is 24.3 Å². The van der Waals surface area contributed by atoms with Crippen LogP contribution in [-0.4, -0.2) is 24.5 Å². The molecule has 4 aromatic rings. The molecule has 2 N–H and O–H groups in total. The number of halogens is 2. The van der Waals surface area contributed by atoms with Crippen LogP contribution in [0, 0.1) is 11.6 Å². The van der Waals surface area contributed by atoms with Gasteiger partial charge in [-0.25, -0.2) is 17.2 Å². The van der Waals surface area contributed by atoms with Crippen LogP contribution in [0.3, 0.4) is 0 Å². The second kappa shape index (κ2) is 10.4. The predicted molar refractivity (Wildman–Crippen MR) is 125 cm³/mol. The molecule has 8 nitrogen and oxygen atoms in total. The Labute approximate surface area is 200 Å². The van der Waals surface area contributed by atoms with E-state index in [-0.39, 0.29) is 18.0 Å². The fourth-order valence-corrected chi connectivity index (χ4v) is 4.23. The van der Waals surface area contributed by atoms with Crippen molar-refractivity contribution in [2.45, 2.75) is 24.2 Å². The molecule has 0 aliphatic carbocycles. The quantitative estimate of drug-likeness (QED) is 0.343. The van der Waals surface area contributed by atoms with Crippen molar-refractivity contribution in [3.05, 3.63) is 90.3 Å². The van der Waals surface area contributed by atoms with Gasteiger partial charge in [0.05, 0.1) is 4.90 Å². The van der Waals surface area contributed by atoms with Crippen LogP contribution in [0.1, 0.15) is 18.7 Å². The van der Waals surface area contributed by atoms with E-state index in [0.717, 1.165) is 17.7 Å². The molecule has 180 valence electrons. The Morgan fingerprint density at radius 3 is 2.31 bits per heavy atom. The SMILES string of the molecule is O=C(CCCc1nnc(-c2ccccc2)o1)Nc1ccc(NS(=O)(=O)c2ccc(F)c(F)c2)cc1. The van der Waals surface area contributed by atoms with Crippen LogP contribution < -0.4 is 10.0 Å². The van der Waals surface area contributed by atoms with Crippen LogP contribution >= 0.6 is 0 Å². The van der Waals surface area contributed by atoms with Crippen molar-refractivity contribution in [1.29, 1.82) is 0 Å². The van der Waals surface area contributed by atoms with Gasteiger partial charge in [-0.3, -0.25) is 9.52 Å². The van der Waals surface area contributed by atoms with Crippen molar-refractivity contribution in [3.8, 4) is 11.5 Å². The number of aromatic nitrogens is 2. The number of anilines is 2. The zero-order chi connectivity index (χ0) is 24.8. The highest BCUT2D eigenvalue weighted by Crippen LogP contribution is 2.21. The van der Waals surface area contributed by atoms with Gasteiger partial charge in [0.15, 0.2) is 11.6 Å². The van der Waals surface area contributed by atoms with Crippen LogP contribution in [0.5, 0.6) is 0 Å². The lowest BCUT2D eigenvalue weighted by atomic mass is 10.2. The fourth-order valence-electron chi connectivity index (χ4n) is 3.16. The molecule has 0 unspecified atom stereocenters. The summed E-state index contributed by atoms with van der Waals surface area (Å²) in [5.74, 6) is -1.78. The van der Waals surface area contributed by atoms with Gasteiger partial charge in [0.1, 0.15) is 0 Å². The third-order valence-corrected chi connectivity index (χ3v) is 6.28. The summed E-state index contributed by atoms with van der Waals surface area (Å²) in [5, 5.41) is 10.7. The predicted octanol–water partition coefficient (Wildman–Crippen LogP) is 4.78. The van der Waals surface area contributed by atoms with Gasteiger partial charge >= 0.3 is 0 Å². The van der Waals surface area contributed by atoms with E-state index in [2.05, 4.69) is 20.2 Å². The van der Waals surface area contributed by atoms with Crippen molar-refractivity contribution in [1.82, 2.24) is 10.2 Å². The number of sulfonamides is 1. The number of nitrogens with one attached hydrogen (secondary N) is 2. The Kier molecular flexibility index (Phi) is 7.16. The second-order valence-electron chi connectivity index (χ2n) is 7.53. The molecule has 0 atom stereocenters. The van der Waals surface area contributed by atoms with E-state index < -0.39 is 26.6 Å². The van der Waals surface area contributed by atoms with E-state index in [1.807, 2.05) is 30.3 Å². The van der Waals surface area contributed by atoms with Gasteiger partial charge in [0.2, 0.25) is 17.7 Å². The Morgan fingerprint density at radius 1 is 0.886 bits per heavy atom. The molecule has 11 heteroatoms. The molecule has 0 aliphatic heterocycles. The number of amides is 1. The normalized spacial score (nSPS) is 11.3. The van der Waals surface area contributed by atoms with E-state index in [4.69, 9.17) is 4.42 Å². The maximum Gasteiger partial charge on any atom is 0.261 e. The molecule has 0 spiro atoms. The number of hydrogen-bond acceptors (Lipinski definition) is 6. The van der Waals surface area contributed by atoms with Gasteiger partial charge < -0.3 is 9.73 Å². The Balaban J connectivity index is 1.26. The van der Waals surface area contributed by atoms with Gasteiger partial charge in [0, 0.05) is 29.8 Å². The number of benzene rings is 3. The van der Waals surface area contributed by atoms with Gasteiger partial charge in [-0.15, -0.1) is 10.2 Å². The molecule has 3 aromatic carbocycles. The first-order valence-electron chi connectivity index (χ1n) is 10.6. The van der Waals surface area contributed by atoms with Crippen molar-refractivity contribution in [3.63, 3.8) is 0 Å². The van der Waals surface area contributed by atoms with Gasteiger partial charge in [-0.05, 0) is 61.0 Å². The maximum absolute atomic E-state index is 13.4. The molecule has 35 heavy (non-hydrogen) atoms. The summed E-state index contributed by atoms with van der Waals surface area (Å²) in [6, 6.07) is 17.6. The van der Waals surface area contributed by atoms with Crippen molar-refractivity contribution < 1.29 is 26.4 Å². The third kappa shape index (κ3) is 6.27. The number of rotatable bonds is 9. The summed E-state index contributed by atoms with van der Waals surface area (Å²) in [7, 11) is -4.11. The number of carbonyl (C=O) groups is 1. The lowest BCUT2D eigenvalue weighted by Crippen LogP contribution is -2.14. The summed E-state index contributed by atoms with van der Waals surface area (Å²) in [5.41, 5.74) is 1.48. The average Bonchev–Trinajstić information content (AvgIpc) is 3.31. The van der Waals surface area contributed by atoms with E-state index in [9.17, 15) is 22.0 Å². The molecule has 0 saturated heterocycles. The highest BCUT2D eigenvalue weighted by atomic mass is 32.2. The molecule has 1 aromatic heterocycles. The minimum absolute atomic E-state index is 0.193.